The second-order valence-electron chi connectivity index (χ2n) is 3.81. The fraction of sp³-hybridized carbons (Fsp3) is 0.167. The lowest BCUT2D eigenvalue weighted by Crippen LogP contribution is -2.14. The third kappa shape index (κ3) is 2.94. The smallest absolute Gasteiger partial charge is 0.260 e. The minimum atomic E-state index is -1.20. The minimum absolute atomic E-state index is 0.213. The minimum Gasteiger partial charge on any atom is -0.387 e. The number of aromatic nitrogens is 1. The van der Waals surface area contributed by atoms with Crippen LogP contribution in [-0.4, -0.2) is 16.0 Å². The average molecular weight is 284 g/mol. The van der Waals surface area contributed by atoms with Crippen molar-refractivity contribution in [1.29, 1.82) is 0 Å². The molecule has 1 atom stereocenters. The van der Waals surface area contributed by atoms with E-state index >= 15 is 0 Å². The van der Waals surface area contributed by atoms with E-state index in [-0.39, 0.29) is 5.13 Å². The summed E-state index contributed by atoms with van der Waals surface area (Å²) in [6.07, 6.45) is -0.757. The molecule has 4 nitrogen and oxygen atoms in total. The molecular formula is C12H10F2N2O2S. The molecular weight excluding hydrogens is 274 g/mol. The van der Waals surface area contributed by atoms with Crippen LogP contribution in [0.4, 0.5) is 13.9 Å². The van der Waals surface area contributed by atoms with E-state index in [2.05, 4.69) is 10.3 Å². The largest absolute Gasteiger partial charge is 0.387 e. The molecule has 0 aliphatic heterocycles. The van der Waals surface area contributed by atoms with Crippen LogP contribution < -0.4 is 5.32 Å². The summed E-state index contributed by atoms with van der Waals surface area (Å²) in [6.45, 7) is 1.53. The van der Waals surface area contributed by atoms with Gasteiger partial charge in [-0.3, -0.25) is 10.1 Å². The molecule has 7 heteroatoms. The van der Waals surface area contributed by atoms with E-state index < -0.39 is 29.2 Å². The van der Waals surface area contributed by atoms with E-state index in [4.69, 9.17) is 0 Å². The van der Waals surface area contributed by atoms with Gasteiger partial charge in [0.05, 0.1) is 17.4 Å². The third-order valence-electron chi connectivity index (χ3n) is 2.37. The number of halogens is 2. The number of hydrogen-bond donors (Lipinski definition) is 2. The molecule has 1 unspecified atom stereocenters. The topological polar surface area (TPSA) is 62.2 Å². The number of benzene rings is 1. The van der Waals surface area contributed by atoms with E-state index in [1.165, 1.54) is 19.1 Å². The van der Waals surface area contributed by atoms with E-state index in [1.807, 2.05) is 0 Å². The lowest BCUT2D eigenvalue weighted by atomic mass is 10.2. The van der Waals surface area contributed by atoms with Crippen molar-refractivity contribution in [2.24, 2.45) is 0 Å². The molecule has 19 heavy (non-hydrogen) atoms. The van der Waals surface area contributed by atoms with Gasteiger partial charge in [0.2, 0.25) is 0 Å². The first-order valence-electron chi connectivity index (χ1n) is 5.38. The molecule has 1 amide bonds. The van der Waals surface area contributed by atoms with Gasteiger partial charge in [0.15, 0.2) is 16.8 Å². The summed E-state index contributed by atoms with van der Waals surface area (Å²) in [6, 6.07) is 3.36. The van der Waals surface area contributed by atoms with Crippen LogP contribution in [0.25, 0.3) is 0 Å². The van der Waals surface area contributed by atoms with Crippen molar-refractivity contribution in [3.8, 4) is 0 Å². The van der Waals surface area contributed by atoms with Crippen molar-refractivity contribution >= 4 is 22.4 Å². The summed E-state index contributed by atoms with van der Waals surface area (Å²) in [5.74, 6) is -3.08. The first kappa shape index (κ1) is 13.6. The van der Waals surface area contributed by atoms with Crippen molar-refractivity contribution in [3.05, 3.63) is 46.5 Å². The Morgan fingerprint density at radius 1 is 1.47 bits per heavy atom. The van der Waals surface area contributed by atoms with Crippen molar-refractivity contribution in [2.45, 2.75) is 13.0 Å². The molecule has 0 aliphatic rings. The SMILES string of the molecule is CC(O)c1csc(NC(=O)c2cccc(F)c2F)n1. The summed E-state index contributed by atoms with van der Waals surface area (Å²) in [4.78, 5) is 15.7. The van der Waals surface area contributed by atoms with Crippen LogP contribution in [0.15, 0.2) is 23.6 Å². The van der Waals surface area contributed by atoms with Crippen LogP contribution in [0, 0.1) is 11.6 Å². The Bertz CT molecular complexity index is 614. The Labute approximate surface area is 111 Å². The molecule has 0 spiro atoms. The summed E-state index contributed by atoms with van der Waals surface area (Å²) >= 11 is 1.09. The Hall–Kier alpha value is -1.86. The van der Waals surface area contributed by atoms with Gasteiger partial charge in [0.25, 0.3) is 5.91 Å². The number of carbonyl (C=O) groups is 1. The number of aliphatic hydroxyl groups excluding tert-OH is 1. The lowest BCUT2D eigenvalue weighted by Gasteiger charge is -2.03. The molecule has 0 saturated carbocycles. The van der Waals surface area contributed by atoms with Crippen LogP contribution in [0.2, 0.25) is 0 Å². The van der Waals surface area contributed by atoms with E-state index in [0.29, 0.717) is 5.69 Å². The average Bonchev–Trinajstić information content (AvgIpc) is 2.81. The summed E-state index contributed by atoms with van der Waals surface area (Å²) in [5.41, 5.74) is 0.00816. The number of amides is 1. The second-order valence-corrected chi connectivity index (χ2v) is 4.67. The van der Waals surface area contributed by atoms with Crippen LogP contribution >= 0.6 is 11.3 Å². The van der Waals surface area contributed by atoms with Crippen molar-refractivity contribution in [3.63, 3.8) is 0 Å². The van der Waals surface area contributed by atoms with Gasteiger partial charge in [-0.2, -0.15) is 0 Å². The van der Waals surface area contributed by atoms with Gasteiger partial charge >= 0.3 is 0 Å². The highest BCUT2D eigenvalue weighted by Gasteiger charge is 2.16. The van der Waals surface area contributed by atoms with Gasteiger partial charge in [-0.15, -0.1) is 11.3 Å². The summed E-state index contributed by atoms with van der Waals surface area (Å²) in [5, 5.41) is 13.4. The van der Waals surface area contributed by atoms with E-state index in [1.54, 1.807) is 5.38 Å². The van der Waals surface area contributed by atoms with Crippen molar-refractivity contribution in [2.75, 3.05) is 5.32 Å². The predicted molar refractivity (Wildman–Crippen MR) is 67.1 cm³/mol. The Morgan fingerprint density at radius 3 is 2.84 bits per heavy atom. The molecule has 2 N–H and O–H groups in total. The van der Waals surface area contributed by atoms with Gasteiger partial charge < -0.3 is 5.11 Å². The van der Waals surface area contributed by atoms with Crippen LogP contribution in [0.3, 0.4) is 0 Å². The van der Waals surface area contributed by atoms with E-state index in [9.17, 15) is 18.7 Å². The van der Waals surface area contributed by atoms with Crippen LogP contribution in [0.1, 0.15) is 29.1 Å². The number of nitrogens with one attached hydrogen (secondary N) is 1. The summed E-state index contributed by atoms with van der Waals surface area (Å²) in [7, 11) is 0. The Kier molecular flexibility index (Phi) is 3.87. The van der Waals surface area contributed by atoms with Gasteiger partial charge in [-0.05, 0) is 19.1 Å². The standard InChI is InChI=1S/C12H10F2N2O2S/c1-6(17)9-5-19-12(15-9)16-11(18)7-3-2-4-8(13)10(7)14/h2-6,17H,1H3,(H,15,16,18). The number of thiazole rings is 1. The van der Waals surface area contributed by atoms with E-state index in [0.717, 1.165) is 17.4 Å². The molecule has 0 aliphatic carbocycles. The molecule has 0 bridgehead atoms. The predicted octanol–water partition coefficient (Wildman–Crippen LogP) is 2.73. The number of hydrogen-bond acceptors (Lipinski definition) is 4. The molecule has 0 radical (unpaired) electrons. The van der Waals surface area contributed by atoms with Crippen molar-refractivity contribution < 1.29 is 18.7 Å². The van der Waals surface area contributed by atoms with Gasteiger partial charge in [0, 0.05) is 5.38 Å². The fourth-order valence-electron chi connectivity index (χ4n) is 1.38. The highest BCUT2D eigenvalue weighted by Crippen LogP contribution is 2.21. The highest BCUT2D eigenvalue weighted by molar-refractivity contribution is 7.14. The maximum absolute atomic E-state index is 13.4. The normalized spacial score (nSPS) is 12.2. The maximum Gasteiger partial charge on any atom is 0.260 e. The monoisotopic (exact) mass is 284 g/mol. The first-order chi connectivity index (χ1) is 8.99. The first-order valence-corrected chi connectivity index (χ1v) is 6.26. The van der Waals surface area contributed by atoms with Crippen LogP contribution in [0.5, 0.6) is 0 Å². The van der Waals surface area contributed by atoms with Gasteiger partial charge in [-0.1, -0.05) is 6.07 Å². The number of carbonyl (C=O) groups excluding carboxylic acids is 1. The summed E-state index contributed by atoms with van der Waals surface area (Å²) < 4.78 is 26.4. The Morgan fingerprint density at radius 2 is 2.21 bits per heavy atom. The number of aliphatic hydroxyl groups is 1. The Balaban J connectivity index is 2.18. The molecule has 1 aromatic carbocycles. The maximum atomic E-state index is 13.4. The lowest BCUT2D eigenvalue weighted by molar-refractivity contribution is 0.102. The van der Waals surface area contributed by atoms with Gasteiger partial charge in [-0.25, -0.2) is 13.8 Å². The molecule has 2 aromatic rings. The molecule has 0 saturated heterocycles. The number of nitrogens with zero attached hydrogens (tertiary/aromatic N) is 1. The second kappa shape index (κ2) is 5.41. The number of rotatable bonds is 3. The number of anilines is 1. The zero-order valence-electron chi connectivity index (χ0n) is 9.85. The molecule has 2 rings (SSSR count). The zero-order valence-corrected chi connectivity index (χ0v) is 10.7. The fourth-order valence-corrected chi connectivity index (χ4v) is 2.17. The highest BCUT2D eigenvalue weighted by atomic mass is 32.1. The molecule has 100 valence electrons. The quantitative estimate of drug-likeness (QED) is 0.911. The molecule has 1 heterocycles. The van der Waals surface area contributed by atoms with Crippen molar-refractivity contribution in [1.82, 2.24) is 4.98 Å². The molecule has 1 aromatic heterocycles. The zero-order chi connectivity index (χ0) is 14.0. The molecule has 0 fully saturated rings. The third-order valence-corrected chi connectivity index (χ3v) is 3.14. The van der Waals surface area contributed by atoms with Gasteiger partial charge in [0.1, 0.15) is 0 Å². The van der Waals surface area contributed by atoms with Crippen LogP contribution in [-0.2, 0) is 0 Å².